The molecule has 0 radical (unpaired) electrons. The molecule has 0 atom stereocenters. The van der Waals surface area contributed by atoms with Gasteiger partial charge in [-0.25, -0.2) is 24.7 Å². The molecule has 1 aliphatic rings. The molecule has 1 aliphatic heterocycles. The maximum atomic E-state index is 12.2. The van der Waals surface area contributed by atoms with Gasteiger partial charge in [0.2, 0.25) is 5.95 Å². The predicted octanol–water partition coefficient (Wildman–Crippen LogP) is 3.51. The summed E-state index contributed by atoms with van der Waals surface area (Å²) in [5.41, 5.74) is 0.435. The van der Waals surface area contributed by atoms with Gasteiger partial charge in [0.05, 0.1) is 0 Å². The number of anilines is 2. The molecular weight excluding hydrogens is 356 g/mol. The number of carbonyl (C=O) groups is 1. The lowest BCUT2D eigenvalue weighted by Crippen LogP contribution is -2.42. The SMILES string of the molecule is Cc1cc(Nc2ncccn2)nc(CC2CCN(C(=O)OC(C)(C)C)CC2)n1. The third-order valence-corrected chi connectivity index (χ3v) is 4.44. The van der Waals surface area contributed by atoms with Crippen LogP contribution in [0, 0.1) is 12.8 Å². The maximum Gasteiger partial charge on any atom is 0.410 e. The van der Waals surface area contributed by atoms with Crippen molar-refractivity contribution in [1.82, 2.24) is 24.8 Å². The summed E-state index contributed by atoms with van der Waals surface area (Å²) in [7, 11) is 0. The molecule has 0 unspecified atom stereocenters. The van der Waals surface area contributed by atoms with E-state index < -0.39 is 5.60 Å². The lowest BCUT2D eigenvalue weighted by atomic mass is 9.93. The van der Waals surface area contributed by atoms with Crippen molar-refractivity contribution in [3.05, 3.63) is 36.0 Å². The van der Waals surface area contributed by atoms with Gasteiger partial charge in [-0.3, -0.25) is 0 Å². The van der Waals surface area contributed by atoms with E-state index in [4.69, 9.17) is 4.74 Å². The first-order chi connectivity index (χ1) is 13.3. The lowest BCUT2D eigenvalue weighted by molar-refractivity contribution is 0.0184. The van der Waals surface area contributed by atoms with Gasteiger partial charge in [-0.05, 0) is 52.5 Å². The number of aryl methyl sites for hydroxylation is 1. The van der Waals surface area contributed by atoms with Crippen molar-refractivity contribution in [3.8, 4) is 0 Å². The summed E-state index contributed by atoms with van der Waals surface area (Å²) in [5, 5.41) is 3.12. The van der Waals surface area contributed by atoms with Crippen LogP contribution in [-0.4, -0.2) is 49.6 Å². The van der Waals surface area contributed by atoms with Crippen molar-refractivity contribution in [2.24, 2.45) is 5.92 Å². The van der Waals surface area contributed by atoms with Gasteiger partial charge < -0.3 is 15.0 Å². The minimum Gasteiger partial charge on any atom is -0.444 e. The van der Waals surface area contributed by atoms with E-state index in [0.717, 1.165) is 30.8 Å². The first-order valence-corrected chi connectivity index (χ1v) is 9.65. The number of ether oxygens (including phenoxy) is 1. The largest absolute Gasteiger partial charge is 0.444 e. The molecule has 3 heterocycles. The second-order valence-corrected chi connectivity index (χ2v) is 8.12. The van der Waals surface area contributed by atoms with Crippen molar-refractivity contribution in [2.75, 3.05) is 18.4 Å². The molecule has 8 heteroatoms. The summed E-state index contributed by atoms with van der Waals surface area (Å²) >= 11 is 0. The van der Waals surface area contributed by atoms with Crippen molar-refractivity contribution < 1.29 is 9.53 Å². The van der Waals surface area contributed by atoms with Crippen LogP contribution in [0.3, 0.4) is 0 Å². The third kappa shape index (κ3) is 5.87. The average molecular weight is 384 g/mol. The molecule has 2 aromatic heterocycles. The van der Waals surface area contributed by atoms with Crippen LogP contribution in [0.15, 0.2) is 24.5 Å². The summed E-state index contributed by atoms with van der Waals surface area (Å²) in [6.07, 6.45) is 5.76. The van der Waals surface area contributed by atoms with Crippen LogP contribution in [0.4, 0.5) is 16.6 Å². The van der Waals surface area contributed by atoms with Crippen molar-refractivity contribution >= 4 is 17.9 Å². The fourth-order valence-corrected chi connectivity index (χ4v) is 3.17. The van der Waals surface area contributed by atoms with Crippen LogP contribution in [0.5, 0.6) is 0 Å². The molecule has 0 spiro atoms. The standard InChI is InChI=1S/C20H28N6O2/c1-14-12-16(25-18-21-8-5-9-22-18)24-17(23-14)13-15-6-10-26(11-7-15)19(27)28-20(2,3)4/h5,8-9,12,15H,6-7,10-11,13H2,1-4H3,(H,21,22,23,24,25). The molecule has 0 aliphatic carbocycles. The zero-order valence-corrected chi connectivity index (χ0v) is 17.0. The van der Waals surface area contributed by atoms with Gasteiger partial charge in [0, 0.05) is 43.7 Å². The smallest absolute Gasteiger partial charge is 0.410 e. The zero-order chi connectivity index (χ0) is 20.1. The van der Waals surface area contributed by atoms with Crippen LogP contribution < -0.4 is 5.32 Å². The minimum atomic E-state index is -0.463. The van der Waals surface area contributed by atoms with Gasteiger partial charge in [0.25, 0.3) is 0 Å². The van der Waals surface area contributed by atoms with Gasteiger partial charge in [-0.2, -0.15) is 0 Å². The Morgan fingerprint density at radius 1 is 1.21 bits per heavy atom. The monoisotopic (exact) mass is 384 g/mol. The molecule has 150 valence electrons. The van der Waals surface area contributed by atoms with Gasteiger partial charge >= 0.3 is 6.09 Å². The Kier molecular flexibility index (Phi) is 6.06. The van der Waals surface area contributed by atoms with E-state index in [-0.39, 0.29) is 6.09 Å². The Balaban J connectivity index is 1.57. The Bertz CT molecular complexity index is 798. The van der Waals surface area contributed by atoms with Crippen molar-refractivity contribution in [1.29, 1.82) is 0 Å². The molecule has 2 aromatic rings. The molecule has 1 fully saturated rings. The quantitative estimate of drug-likeness (QED) is 0.862. The highest BCUT2D eigenvalue weighted by Gasteiger charge is 2.27. The molecule has 28 heavy (non-hydrogen) atoms. The summed E-state index contributed by atoms with van der Waals surface area (Å²) in [5.74, 6) is 2.45. The summed E-state index contributed by atoms with van der Waals surface area (Å²) in [4.78, 5) is 31.5. The highest BCUT2D eigenvalue weighted by atomic mass is 16.6. The van der Waals surface area contributed by atoms with Crippen molar-refractivity contribution in [2.45, 2.75) is 52.6 Å². The van der Waals surface area contributed by atoms with Gasteiger partial charge in [-0.15, -0.1) is 0 Å². The van der Waals surface area contributed by atoms with Crippen LogP contribution in [0.2, 0.25) is 0 Å². The molecule has 1 saturated heterocycles. The van der Waals surface area contributed by atoms with E-state index in [9.17, 15) is 4.79 Å². The van der Waals surface area contributed by atoms with E-state index in [2.05, 4.69) is 25.3 Å². The molecule has 8 nitrogen and oxygen atoms in total. The van der Waals surface area contributed by atoms with E-state index in [1.54, 1.807) is 23.4 Å². The Morgan fingerprint density at radius 2 is 1.89 bits per heavy atom. The molecule has 1 amide bonds. The van der Waals surface area contributed by atoms with E-state index in [1.165, 1.54) is 0 Å². The Morgan fingerprint density at radius 3 is 2.54 bits per heavy atom. The summed E-state index contributed by atoms with van der Waals surface area (Å²) in [6.45, 7) is 9.02. The van der Waals surface area contributed by atoms with Gasteiger partial charge in [0.1, 0.15) is 17.2 Å². The lowest BCUT2D eigenvalue weighted by Gasteiger charge is -2.33. The number of aromatic nitrogens is 4. The van der Waals surface area contributed by atoms with Crippen LogP contribution in [0.1, 0.15) is 45.1 Å². The number of nitrogens with zero attached hydrogens (tertiary/aromatic N) is 5. The highest BCUT2D eigenvalue weighted by molar-refractivity contribution is 5.68. The first kappa shape index (κ1) is 20.0. The number of amides is 1. The fourth-order valence-electron chi connectivity index (χ4n) is 3.17. The number of carbonyl (C=O) groups excluding carboxylic acids is 1. The second-order valence-electron chi connectivity index (χ2n) is 8.12. The zero-order valence-electron chi connectivity index (χ0n) is 17.0. The average Bonchev–Trinajstić information content (AvgIpc) is 2.61. The number of piperidine rings is 1. The van der Waals surface area contributed by atoms with Crippen LogP contribution in [0.25, 0.3) is 0 Å². The van der Waals surface area contributed by atoms with Crippen molar-refractivity contribution in [3.63, 3.8) is 0 Å². The maximum absolute atomic E-state index is 12.2. The van der Waals surface area contributed by atoms with E-state index in [0.29, 0.717) is 30.8 Å². The molecular formula is C20H28N6O2. The highest BCUT2D eigenvalue weighted by Crippen LogP contribution is 2.23. The number of hydrogen-bond donors (Lipinski definition) is 1. The summed E-state index contributed by atoms with van der Waals surface area (Å²) in [6, 6.07) is 3.65. The number of rotatable bonds is 4. The first-order valence-electron chi connectivity index (χ1n) is 9.65. The predicted molar refractivity (Wildman–Crippen MR) is 106 cm³/mol. The molecule has 0 saturated carbocycles. The number of hydrogen-bond acceptors (Lipinski definition) is 7. The molecule has 0 aromatic carbocycles. The normalized spacial score (nSPS) is 15.4. The number of nitrogens with one attached hydrogen (secondary N) is 1. The Labute approximate surface area is 165 Å². The van der Waals surface area contributed by atoms with Gasteiger partial charge in [-0.1, -0.05) is 0 Å². The second kappa shape index (κ2) is 8.50. The molecule has 3 rings (SSSR count). The van der Waals surface area contributed by atoms with Gasteiger partial charge in [0.15, 0.2) is 0 Å². The third-order valence-electron chi connectivity index (χ3n) is 4.44. The fraction of sp³-hybridized carbons (Fsp3) is 0.550. The number of likely N-dealkylation sites (tertiary alicyclic amines) is 1. The van der Waals surface area contributed by atoms with Crippen LogP contribution >= 0.6 is 0 Å². The molecule has 1 N–H and O–H groups in total. The van der Waals surface area contributed by atoms with Crippen LogP contribution in [-0.2, 0) is 11.2 Å². The minimum absolute atomic E-state index is 0.230. The topological polar surface area (TPSA) is 93.1 Å². The summed E-state index contributed by atoms with van der Waals surface area (Å²) < 4.78 is 5.46. The van der Waals surface area contributed by atoms with E-state index >= 15 is 0 Å². The molecule has 0 bridgehead atoms. The van der Waals surface area contributed by atoms with E-state index in [1.807, 2.05) is 33.8 Å². The Hall–Kier alpha value is -2.77.